The van der Waals surface area contributed by atoms with E-state index in [1.165, 1.54) is 11.8 Å². The number of ether oxygens (including phenoxy) is 2. The molecule has 0 spiro atoms. The molecule has 0 aliphatic carbocycles. The number of hydrogen-bond acceptors (Lipinski definition) is 6. The van der Waals surface area contributed by atoms with Crippen LogP contribution in [0, 0.1) is 0 Å². The molecule has 1 atom stereocenters. The van der Waals surface area contributed by atoms with Crippen LogP contribution < -0.4 is 4.74 Å². The van der Waals surface area contributed by atoms with Gasteiger partial charge >= 0.3 is 5.97 Å². The van der Waals surface area contributed by atoms with Gasteiger partial charge in [0.1, 0.15) is 5.75 Å². The molecule has 134 valence electrons. The van der Waals surface area contributed by atoms with E-state index in [-0.39, 0.29) is 17.8 Å². The molecular formula is C17H20BrN3O3S. The number of allylic oxidation sites excluding steroid dienone is 1. The first-order valence-electron chi connectivity index (χ1n) is 7.79. The molecule has 0 amide bonds. The Labute approximate surface area is 159 Å². The minimum atomic E-state index is -0.300. The van der Waals surface area contributed by atoms with Gasteiger partial charge in [0.25, 0.3) is 0 Å². The molecule has 0 radical (unpaired) electrons. The topological polar surface area (TPSA) is 66.2 Å². The minimum absolute atomic E-state index is 0.186. The van der Waals surface area contributed by atoms with Gasteiger partial charge < -0.3 is 9.47 Å². The summed E-state index contributed by atoms with van der Waals surface area (Å²) in [7, 11) is 0. The molecule has 0 N–H and O–H groups in total. The van der Waals surface area contributed by atoms with E-state index in [1.807, 2.05) is 35.8 Å². The Bertz CT molecular complexity index is 718. The first-order chi connectivity index (χ1) is 12.0. The van der Waals surface area contributed by atoms with Crippen molar-refractivity contribution in [2.24, 2.45) is 0 Å². The number of carbonyl (C=O) groups excluding carboxylic acids is 1. The zero-order chi connectivity index (χ0) is 18.2. The number of rotatable bonds is 9. The van der Waals surface area contributed by atoms with E-state index in [0.29, 0.717) is 24.1 Å². The average molecular weight is 426 g/mol. The molecular weight excluding hydrogens is 406 g/mol. The lowest BCUT2D eigenvalue weighted by atomic mass is 10.3. The Morgan fingerprint density at radius 2 is 2.12 bits per heavy atom. The third kappa shape index (κ3) is 5.61. The van der Waals surface area contributed by atoms with E-state index in [9.17, 15) is 4.79 Å². The summed E-state index contributed by atoms with van der Waals surface area (Å²) >= 11 is 4.69. The molecule has 0 saturated heterocycles. The molecule has 1 unspecified atom stereocenters. The van der Waals surface area contributed by atoms with Gasteiger partial charge in [-0.15, -0.1) is 16.8 Å². The molecule has 0 aliphatic rings. The predicted octanol–water partition coefficient (Wildman–Crippen LogP) is 4.02. The highest BCUT2D eigenvalue weighted by molar-refractivity contribution is 9.10. The first kappa shape index (κ1) is 19.5. The fourth-order valence-electron chi connectivity index (χ4n) is 2.10. The van der Waals surface area contributed by atoms with Crippen molar-refractivity contribution in [2.75, 3.05) is 12.4 Å². The molecule has 0 bridgehead atoms. The molecule has 1 heterocycles. The smallest absolute Gasteiger partial charge is 0.316 e. The van der Waals surface area contributed by atoms with Crippen molar-refractivity contribution in [3.63, 3.8) is 0 Å². The molecule has 0 aliphatic heterocycles. The van der Waals surface area contributed by atoms with Crippen LogP contribution in [-0.4, -0.2) is 33.1 Å². The van der Waals surface area contributed by atoms with Crippen LogP contribution in [-0.2, 0) is 16.1 Å². The van der Waals surface area contributed by atoms with Crippen molar-refractivity contribution in [3.05, 3.63) is 47.2 Å². The number of benzene rings is 1. The molecule has 0 saturated carbocycles. The first-order valence-corrected chi connectivity index (χ1v) is 9.57. The third-order valence-electron chi connectivity index (χ3n) is 3.17. The van der Waals surface area contributed by atoms with Crippen LogP contribution in [0.5, 0.6) is 5.75 Å². The lowest BCUT2D eigenvalue weighted by Crippen LogP contribution is -2.13. The van der Waals surface area contributed by atoms with Crippen LogP contribution in [0.4, 0.5) is 0 Å². The van der Waals surface area contributed by atoms with Gasteiger partial charge in [0.2, 0.25) is 0 Å². The number of aromatic nitrogens is 3. The largest absolute Gasteiger partial charge is 0.483 e. The van der Waals surface area contributed by atoms with Gasteiger partial charge in [0, 0.05) is 11.0 Å². The second kappa shape index (κ2) is 9.62. The van der Waals surface area contributed by atoms with Crippen molar-refractivity contribution in [1.82, 2.24) is 14.8 Å². The Kier molecular flexibility index (Phi) is 7.52. The Morgan fingerprint density at radius 1 is 1.40 bits per heavy atom. The highest BCUT2D eigenvalue weighted by atomic mass is 79.9. The quantitative estimate of drug-likeness (QED) is 0.343. The molecule has 6 nitrogen and oxygen atoms in total. The highest BCUT2D eigenvalue weighted by Gasteiger charge is 2.19. The maximum absolute atomic E-state index is 11.5. The normalized spacial score (nSPS) is 11.8. The fraction of sp³-hybridized carbons (Fsp3) is 0.353. The summed E-state index contributed by atoms with van der Waals surface area (Å²) in [6.07, 6.45) is 1.46. The summed E-state index contributed by atoms with van der Waals surface area (Å²) < 4.78 is 13.8. The van der Waals surface area contributed by atoms with Gasteiger partial charge in [-0.05, 0) is 38.1 Å². The van der Waals surface area contributed by atoms with Gasteiger partial charge in [-0.1, -0.05) is 33.8 Å². The molecule has 25 heavy (non-hydrogen) atoms. The lowest BCUT2D eigenvalue weighted by molar-refractivity contribution is -0.139. The van der Waals surface area contributed by atoms with Crippen LogP contribution >= 0.6 is 27.7 Å². The number of carbonyl (C=O) groups is 1. The van der Waals surface area contributed by atoms with Crippen LogP contribution in [0.25, 0.3) is 0 Å². The number of thioether (sulfide) groups is 1. The highest BCUT2D eigenvalue weighted by Crippen LogP contribution is 2.25. The maximum Gasteiger partial charge on any atom is 0.316 e. The van der Waals surface area contributed by atoms with E-state index in [1.54, 1.807) is 13.0 Å². The summed E-state index contributed by atoms with van der Waals surface area (Å²) in [4.78, 5) is 11.5. The van der Waals surface area contributed by atoms with E-state index in [4.69, 9.17) is 9.47 Å². The fourth-order valence-corrected chi connectivity index (χ4v) is 3.12. The SMILES string of the molecule is C=CCn1c(SCC(=O)OCC)nnc1C(C)Oc1ccc(Br)cc1. The molecule has 8 heteroatoms. The van der Waals surface area contributed by atoms with Crippen molar-refractivity contribution >= 4 is 33.7 Å². The second-order valence-electron chi connectivity index (χ2n) is 5.05. The third-order valence-corrected chi connectivity index (χ3v) is 4.64. The molecule has 1 aromatic heterocycles. The molecule has 0 fully saturated rings. The van der Waals surface area contributed by atoms with Crippen LogP contribution in [0.1, 0.15) is 25.8 Å². The Morgan fingerprint density at radius 3 is 2.76 bits per heavy atom. The molecule has 1 aromatic carbocycles. The second-order valence-corrected chi connectivity index (χ2v) is 6.91. The number of nitrogens with zero attached hydrogens (tertiary/aromatic N) is 3. The summed E-state index contributed by atoms with van der Waals surface area (Å²) in [5.74, 6) is 1.32. The lowest BCUT2D eigenvalue weighted by Gasteiger charge is -2.15. The Hall–Kier alpha value is -1.80. The van der Waals surface area contributed by atoms with E-state index < -0.39 is 0 Å². The summed E-state index contributed by atoms with van der Waals surface area (Å²) in [5, 5.41) is 9.04. The van der Waals surface area contributed by atoms with Gasteiger partial charge in [0.15, 0.2) is 17.1 Å². The van der Waals surface area contributed by atoms with Gasteiger partial charge in [-0.2, -0.15) is 0 Å². The van der Waals surface area contributed by atoms with Crippen molar-refractivity contribution < 1.29 is 14.3 Å². The van der Waals surface area contributed by atoms with E-state index >= 15 is 0 Å². The standard InChI is InChI=1S/C17H20BrN3O3S/c1-4-10-21-16(12(3)24-14-8-6-13(18)7-9-14)19-20-17(21)25-11-15(22)23-5-2/h4,6-9,12H,1,5,10-11H2,2-3H3. The number of hydrogen-bond donors (Lipinski definition) is 0. The number of halogens is 1. The van der Waals surface area contributed by atoms with Gasteiger partial charge in [-0.3, -0.25) is 9.36 Å². The number of esters is 1. The minimum Gasteiger partial charge on any atom is -0.483 e. The maximum atomic E-state index is 11.5. The van der Waals surface area contributed by atoms with E-state index in [0.717, 1.165) is 10.2 Å². The van der Waals surface area contributed by atoms with Crippen molar-refractivity contribution in [1.29, 1.82) is 0 Å². The zero-order valence-corrected chi connectivity index (χ0v) is 16.5. The predicted molar refractivity (Wildman–Crippen MR) is 101 cm³/mol. The average Bonchev–Trinajstić information content (AvgIpc) is 2.99. The van der Waals surface area contributed by atoms with Crippen molar-refractivity contribution in [2.45, 2.75) is 31.7 Å². The van der Waals surface area contributed by atoms with Crippen LogP contribution in [0.15, 0.2) is 46.5 Å². The van der Waals surface area contributed by atoms with Gasteiger partial charge in [0.05, 0.1) is 12.4 Å². The summed E-state index contributed by atoms with van der Waals surface area (Å²) in [5.41, 5.74) is 0. The van der Waals surface area contributed by atoms with Crippen LogP contribution in [0.2, 0.25) is 0 Å². The van der Waals surface area contributed by atoms with Crippen LogP contribution in [0.3, 0.4) is 0 Å². The molecule has 2 rings (SSSR count). The molecule has 2 aromatic rings. The summed E-state index contributed by atoms with van der Waals surface area (Å²) in [6.45, 7) is 8.35. The van der Waals surface area contributed by atoms with Crippen molar-refractivity contribution in [3.8, 4) is 5.75 Å². The monoisotopic (exact) mass is 425 g/mol. The zero-order valence-electron chi connectivity index (χ0n) is 14.1. The summed E-state index contributed by atoms with van der Waals surface area (Å²) in [6, 6.07) is 7.59. The van der Waals surface area contributed by atoms with Gasteiger partial charge in [-0.25, -0.2) is 0 Å². The Balaban J connectivity index is 2.12. The van der Waals surface area contributed by atoms with E-state index in [2.05, 4.69) is 32.7 Å².